The summed E-state index contributed by atoms with van der Waals surface area (Å²) in [6.07, 6.45) is 0. The Hall–Kier alpha value is -1.88. The summed E-state index contributed by atoms with van der Waals surface area (Å²) >= 11 is 5.79. The molecule has 0 aliphatic rings. The number of hydrogen-bond donors (Lipinski definition) is 0. The molecule has 0 saturated carbocycles. The lowest BCUT2D eigenvalue weighted by atomic mass is 10.1. The lowest BCUT2D eigenvalue weighted by Gasteiger charge is -2.04. The van der Waals surface area contributed by atoms with E-state index in [2.05, 4.69) is 9.72 Å². The molecule has 102 valence electrons. The summed E-state index contributed by atoms with van der Waals surface area (Å²) in [5, 5.41) is 0.481. The van der Waals surface area contributed by atoms with Crippen LogP contribution in [-0.2, 0) is 11.8 Å². The number of esters is 1. The van der Waals surface area contributed by atoms with Gasteiger partial charge in [0.05, 0.1) is 23.6 Å². The van der Waals surface area contributed by atoms with E-state index in [0.717, 1.165) is 0 Å². The predicted octanol–water partition coefficient (Wildman–Crippen LogP) is 2.40. The van der Waals surface area contributed by atoms with E-state index >= 15 is 0 Å². The van der Waals surface area contributed by atoms with E-state index in [-0.39, 0.29) is 10.8 Å². The summed E-state index contributed by atoms with van der Waals surface area (Å²) in [6, 6.07) is 4.53. The number of halogens is 1. The van der Waals surface area contributed by atoms with Gasteiger partial charge in [0.15, 0.2) is 0 Å². The fourth-order valence-electron chi connectivity index (χ4n) is 1.49. The molecule has 6 heteroatoms. The van der Waals surface area contributed by atoms with Crippen molar-refractivity contribution in [3.05, 3.63) is 39.4 Å². The van der Waals surface area contributed by atoms with Crippen molar-refractivity contribution >= 4 is 28.5 Å². The van der Waals surface area contributed by atoms with E-state index in [0.29, 0.717) is 16.5 Å². The molecule has 0 aliphatic heterocycles. The largest absolute Gasteiger partial charge is 0.465 e. The number of aromatic nitrogens is 2. The summed E-state index contributed by atoms with van der Waals surface area (Å²) in [7, 11) is 2.82. The molecule has 0 atom stereocenters. The lowest BCUT2D eigenvalue weighted by Crippen LogP contribution is -2.19. The first kappa shape index (κ1) is 15.2. The minimum absolute atomic E-state index is 0.0736. The van der Waals surface area contributed by atoms with Gasteiger partial charge in [-0.25, -0.2) is 9.78 Å². The third-order valence-corrected chi connectivity index (χ3v) is 2.78. The molecular weight excluding hydrogens is 268 g/mol. The number of rotatable bonds is 1. The second kappa shape index (κ2) is 6.33. The van der Waals surface area contributed by atoms with Gasteiger partial charge >= 0.3 is 5.97 Å². The maximum absolute atomic E-state index is 11.8. The maximum atomic E-state index is 11.8. The summed E-state index contributed by atoms with van der Waals surface area (Å²) in [6.45, 7) is 4.00. The van der Waals surface area contributed by atoms with Crippen molar-refractivity contribution in [2.45, 2.75) is 13.8 Å². The highest BCUT2D eigenvalue weighted by Crippen LogP contribution is 2.13. The van der Waals surface area contributed by atoms with Crippen LogP contribution in [-0.4, -0.2) is 22.6 Å². The quantitative estimate of drug-likeness (QED) is 0.595. The van der Waals surface area contributed by atoms with Crippen LogP contribution < -0.4 is 5.56 Å². The third kappa shape index (κ3) is 2.93. The van der Waals surface area contributed by atoms with Crippen LogP contribution in [0.4, 0.5) is 0 Å². The first-order chi connectivity index (χ1) is 9.04. The Morgan fingerprint density at radius 3 is 2.58 bits per heavy atom. The number of nitrogens with zero attached hydrogens (tertiary/aromatic N) is 2. The Morgan fingerprint density at radius 2 is 2.00 bits per heavy atom. The topological polar surface area (TPSA) is 61.2 Å². The molecule has 1 heterocycles. The van der Waals surface area contributed by atoms with E-state index in [1.54, 1.807) is 0 Å². The Labute approximate surface area is 115 Å². The fourth-order valence-corrected chi connectivity index (χ4v) is 1.66. The lowest BCUT2D eigenvalue weighted by molar-refractivity contribution is 0.0601. The Kier molecular flexibility index (Phi) is 5.06. The molecule has 1 aromatic heterocycles. The zero-order valence-electron chi connectivity index (χ0n) is 11.2. The van der Waals surface area contributed by atoms with Crippen LogP contribution in [0.15, 0.2) is 23.0 Å². The Balaban J connectivity index is 0.000000861. The fraction of sp³-hybridized carbons (Fsp3) is 0.308. The highest BCUT2D eigenvalue weighted by atomic mass is 35.5. The number of methoxy groups -OCH3 is 1. The Bertz CT molecular complexity index is 665. The summed E-state index contributed by atoms with van der Waals surface area (Å²) in [4.78, 5) is 27.2. The smallest absolute Gasteiger partial charge is 0.337 e. The molecule has 0 fully saturated rings. The van der Waals surface area contributed by atoms with Gasteiger partial charge in [0.1, 0.15) is 0 Å². The zero-order valence-corrected chi connectivity index (χ0v) is 12.0. The van der Waals surface area contributed by atoms with Gasteiger partial charge in [-0.2, -0.15) is 0 Å². The van der Waals surface area contributed by atoms with Gasteiger partial charge in [0, 0.05) is 7.05 Å². The minimum Gasteiger partial charge on any atom is -0.465 e. The van der Waals surface area contributed by atoms with Gasteiger partial charge in [0.2, 0.25) is 5.28 Å². The van der Waals surface area contributed by atoms with Gasteiger partial charge < -0.3 is 4.74 Å². The van der Waals surface area contributed by atoms with E-state index < -0.39 is 5.97 Å². The van der Waals surface area contributed by atoms with Gasteiger partial charge in [-0.1, -0.05) is 13.8 Å². The van der Waals surface area contributed by atoms with Crippen LogP contribution in [0.5, 0.6) is 0 Å². The summed E-state index contributed by atoms with van der Waals surface area (Å²) in [5.41, 5.74) is 0.453. The number of carbonyl (C=O) groups excluding carboxylic acids is 1. The molecule has 2 rings (SSSR count). The second-order valence-electron chi connectivity index (χ2n) is 3.47. The van der Waals surface area contributed by atoms with Crippen molar-refractivity contribution in [1.82, 2.24) is 9.55 Å². The number of carbonyl (C=O) groups is 1. The molecule has 0 bridgehead atoms. The molecule has 5 nitrogen and oxygen atoms in total. The van der Waals surface area contributed by atoms with Crippen molar-refractivity contribution in [3.63, 3.8) is 0 Å². The van der Waals surface area contributed by atoms with Gasteiger partial charge in [0.25, 0.3) is 5.56 Å². The van der Waals surface area contributed by atoms with Crippen LogP contribution in [0.25, 0.3) is 10.9 Å². The molecular formula is C13H15ClN2O3. The first-order valence-corrected chi connectivity index (χ1v) is 6.17. The number of ether oxygens (including phenoxy) is 1. The van der Waals surface area contributed by atoms with E-state index in [4.69, 9.17) is 11.6 Å². The summed E-state index contributed by atoms with van der Waals surface area (Å²) in [5.74, 6) is -0.481. The monoisotopic (exact) mass is 282 g/mol. The van der Waals surface area contributed by atoms with Crippen molar-refractivity contribution in [3.8, 4) is 0 Å². The first-order valence-electron chi connectivity index (χ1n) is 5.79. The molecule has 0 saturated heterocycles. The molecule has 0 N–H and O–H groups in total. The zero-order chi connectivity index (χ0) is 14.6. The summed E-state index contributed by atoms with van der Waals surface area (Å²) < 4.78 is 5.82. The molecule has 19 heavy (non-hydrogen) atoms. The Morgan fingerprint density at radius 1 is 1.37 bits per heavy atom. The van der Waals surface area contributed by atoms with E-state index in [1.165, 1.54) is 36.9 Å². The highest BCUT2D eigenvalue weighted by molar-refractivity contribution is 6.28. The number of hydrogen-bond acceptors (Lipinski definition) is 4. The van der Waals surface area contributed by atoms with Crippen LogP contribution in [0, 0.1) is 0 Å². The number of fused-ring (bicyclic) bond motifs is 1. The van der Waals surface area contributed by atoms with Gasteiger partial charge in [-0.15, -0.1) is 0 Å². The molecule has 1 aromatic carbocycles. The average molecular weight is 283 g/mol. The SMILES string of the molecule is CC.COC(=O)c1ccc2c(=O)n(C)c(Cl)nc2c1. The van der Waals surface area contributed by atoms with Crippen molar-refractivity contribution in [2.24, 2.45) is 7.05 Å². The van der Waals surface area contributed by atoms with Crippen LogP contribution in [0.3, 0.4) is 0 Å². The maximum Gasteiger partial charge on any atom is 0.337 e. The molecule has 0 spiro atoms. The number of benzene rings is 1. The van der Waals surface area contributed by atoms with E-state index in [1.807, 2.05) is 13.8 Å². The normalized spacial score (nSPS) is 9.74. The molecule has 0 unspecified atom stereocenters. The predicted molar refractivity (Wildman–Crippen MR) is 74.7 cm³/mol. The molecule has 0 amide bonds. The van der Waals surface area contributed by atoms with Gasteiger partial charge in [-0.05, 0) is 29.8 Å². The van der Waals surface area contributed by atoms with Crippen LogP contribution in [0.1, 0.15) is 24.2 Å². The molecule has 2 aromatic rings. The van der Waals surface area contributed by atoms with Crippen LogP contribution >= 0.6 is 11.6 Å². The van der Waals surface area contributed by atoms with Gasteiger partial charge in [-0.3, -0.25) is 9.36 Å². The standard InChI is InChI=1S/C11H9ClN2O3.C2H6/c1-14-9(15)7-4-3-6(10(16)17-2)5-8(7)13-11(14)12;1-2/h3-5H,1-2H3;1-2H3. The van der Waals surface area contributed by atoms with Crippen molar-refractivity contribution < 1.29 is 9.53 Å². The van der Waals surface area contributed by atoms with E-state index in [9.17, 15) is 9.59 Å². The van der Waals surface area contributed by atoms with Crippen molar-refractivity contribution in [2.75, 3.05) is 7.11 Å². The van der Waals surface area contributed by atoms with Crippen molar-refractivity contribution in [1.29, 1.82) is 0 Å². The highest BCUT2D eigenvalue weighted by Gasteiger charge is 2.10. The minimum atomic E-state index is -0.481. The second-order valence-corrected chi connectivity index (χ2v) is 3.81. The van der Waals surface area contributed by atoms with Crippen LogP contribution in [0.2, 0.25) is 5.28 Å². The average Bonchev–Trinajstić information content (AvgIpc) is 2.45. The third-order valence-electron chi connectivity index (χ3n) is 2.44. The molecule has 0 aliphatic carbocycles. The molecule has 0 radical (unpaired) electrons.